The van der Waals surface area contributed by atoms with Crippen molar-refractivity contribution in [1.82, 2.24) is 9.88 Å². The Bertz CT molecular complexity index is 531. The van der Waals surface area contributed by atoms with Gasteiger partial charge in [0, 0.05) is 5.38 Å². The van der Waals surface area contributed by atoms with Crippen molar-refractivity contribution < 1.29 is 19.1 Å². The normalized spacial score (nSPS) is 14.4. The zero-order valence-corrected chi connectivity index (χ0v) is 12.4. The molecule has 0 radical (unpaired) electrons. The van der Waals surface area contributed by atoms with Gasteiger partial charge in [-0.1, -0.05) is 0 Å². The van der Waals surface area contributed by atoms with Crippen LogP contribution in [0.25, 0.3) is 0 Å². The van der Waals surface area contributed by atoms with Crippen LogP contribution in [-0.2, 0) is 14.3 Å². The van der Waals surface area contributed by atoms with Crippen LogP contribution in [0.4, 0.5) is 5.13 Å². The van der Waals surface area contributed by atoms with Gasteiger partial charge in [0.1, 0.15) is 6.54 Å². The highest BCUT2D eigenvalue weighted by Gasteiger charge is 2.23. The summed E-state index contributed by atoms with van der Waals surface area (Å²) in [5.41, 5.74) is 0.167. The third-order valence-corrected chi connectivity index (χ3v) is 4.10. The van der Waals surface area contributed by atoms with Gasteiger partial charge in [-0.2, -0.15) is 0 Å². The van der Waals surface area contributed by atoms with Gasteiger partial charge in [0.2, 0.25) is 11.8 Å². The van der Waals surface area contributed by atoms with Crippen LogP contribution in [0.5, 0.6) is 0 Å². The molecule has 9 heteroatoms. The zero-order valence-electron chi connectivity index (χ0n) is 10.7. The van der Waals surface area contributed by atoms with Gasteiger partial charge < -0.3 is 15.0 Å². The Morgan fingerprint density at radius 3 is 3.00 bits per heavy atom. The van der Waals surface area contributed by atoms with Crippen LogP contribution >= 0.6 is 23.1 Å². The summed E-state index contributed by atoms with van der Waals surface area (Å²) in [6.07, 6.45) is 0. The Morgan fingerprint density at radius 1 is 1.55 bits per heavy atom. The van der Waals surface area contributed by atoms with E-state index < -0.39 is 5.97 Å². The Hall–Kier alpha value is -1.61. The number of esters is 1. The van der Waals surface area contributed by atoms with Gasteiger partial charge in [0.05, 0.1) is 18.2 Å². The molecule has 0 aliphatic carbocycles. The number of hydrogen-bond donors (Lipinski definition) is 1. The molecular weight excluding hydrogens is 302 g/mol. The highest BCUT2D eigenvalue weighted by atomic mass is 32.2. The lowest BCUT2D eigenvalue weighted by Gasteiger charge is -2.12. The van der Waals surface area contributed by atoms with Crippen molar-refractivity contribution in [3.63, 3.8) is 0 Å². The SMILES string of the molecule is CCOC(=O)c1csc(NC(=O)CN2CSCC2=O)n1. The van der Waals surface area contributed by atoms with E-state index in [9.17, 15) is 14.4 Å². The van der Waals surface area contributed by atoms with Crippen LogP contribution in [0, 0.1) is 0 Å². The van der Waals surface area contributed by atoms with Gasteiger partial charge in [-0.25, -0.2) is 9.78 Å². The first-order chi connectivity index (χ1) is 9.60. The summed E-state index contributed by atoms with van der Waals surface area (Å²) in [6, 6.07) is 0. The van der Waals surface area contributed by atoms with E-state index in [0.717, 1.165) is 11.3 Å². The number of thiazole rings is 1. The maximum absolute atomic E-state index is 11.8. The van der Waals surface area contributed by atoms with E-state index >= 15 is 0 Å². The van der Waals surface area contributed by atoms with Crippen molar-refractivity contribution in [3.8, 4) is 0 Å². The molecule has 1 aromatic heterocycles. The van der Waals surface area contributed by atoms with Crippen molar-refractivity contribution in [1.29, 1.82) is 0 Å². The fourth-order valence-electron chi connectivity index (χ4n) is 1.50. The third kappa shape index (κ3) is 3.70. The predicted octanol–water partition coefficient (Wildman–Crippen LogP) is 0.791. The van der Waals surface area contributed by atoms with Crippen LogP contribution in [0.3, 0.4) is 0 Å². The summed E-state index contributed by atoms with van der Waals surface area (Å²) in [5.74, 6) is 0.0490. The fraction of sp³-hybridized carbons (Fsp3) is 0.455. The van der Waals surface area contributed by atoms with Gasteiger partial charge in [-0.3, -0.25) is 9.59 Å². The second-order valence-electron chi connectivity index (χ2n) is 3.88. The van der Waals surface area contributed by atoms with E-state index in [1.54, 1.807) is 6.92 Å². The number of amides is 2. The first-order valence-electron chi connectivity index (χ1n) is 5.88. The molecule has 1 N–H and O–H groups in total. The Kier molecular flexibility index (Phi) is 4.96. The molecule has 1 saturated heterocycles. The first-order valence-corrected chi connectivity index (χ1v) is 7.91. The van der Waals surface area contributed by atoms with E-state index in [-0.39, 0.29) is 30.7 Å². The highest BCUT2D eigenvalue weighted by molar-refractivity contribution is 8.00. The number of carbonyl (C=O) groups excluding carboxylic acids is 3. The molecule has 2 heterocycles. The minimum absolute atomic E-state index is 0.000152. The molecule has 1 aliphatic rings. The summed E-state index contributed by atoms with van der Waals surface area (Å²) in [6.45, 7) is 1.98. The lowest BCUT2D eigenvalue weighted by atomic mass is 10.5. The molecule has 0 bridgehead atoms. The van der Waals surface area contributed by atoms with Crippen LogP contribution in [0.1, 0.15) is 17.4 Å². The van der Waals surface area contributed by atoms with E-state index in [0.29, 0.717) is 16.8 Å². The molecule has 1 aliphatic heterocycles. The Balaban J connectivity index is 1.88. The topological polar surface area (TPSA) is 88.6 Å². The van der Waals surface area contributed by atoms with Crippen molar-refractivity contribution in [2.75, 3.05) is 30.1 Å². The fourth-order valence-corrected chi connectivity index (χ4v) is 3.10. The first kappa shape index (κ1) is 14.8. The number of rotatable bonds is 5. The van der Waals surface area contributed by atoms with Crippen molar-refractivity contribution in [2.45, 2.75) is 6.92 Å². The number of carbonyl (C=O) groups is 3. The number of hydrogen-bond acceptors (Lipinski definition) is 7. The van der Waals surface area contributed by atoms with Gasteiger partial charge in [0.25, 0.3) is 0 Å². The van der Waals surface area contributed by atoms with Gasteiger partial charge in [-0.15, -0.1) is 23.1 Å². The predicted molar refractivity (Wildman–Crippen MR) is 75.7 cm³/mol. The van der Waals surface area contributed by atoms with Crippen LogP contribution in [-0.4, -0.2) is 52.4 Å². The number of aromatic nitrogens is 1. The zero-order chi connectivity index (χ0) is 14.5. The van der Waals surface area contributed by atoms with Crippen LogP contribution in [0.2, 0.25) is 0 Å². The standard InChI is InChI=1S/C11H13N3O4S2/c1-2-18-10(17)7-4-20-11(12-7)13-8(15)3-14-6-19-5-9(14)16/h4H,2-3,5-6H2,1H3,(H,12,13,15). The number of nitrogens with zero attached hydrogens (tertiary/aromatic N) is 2. The maximum Gasteiger partial charge on any atom is 0.357 e. The lowest BCUT2D eigenvalue weighted by molar-refractivity contribution is -0.130. The monoisotopic (exact) mass is 315 g/mol. The van der Waals surface area contributed by atoms with E-state index in [1.165, 1.54) is 22.0 Å². The molecule has 0 saturated carbocycles. The second-order valence-corrected chi connectivity index (χ2v) is 5.69. The molecule has 1 aromatic rings. The molecular formula is C11H13N3O4S2. The van der Waals surface area contributed by atoms with Gasteiger partial charge >= 0.3 is 5.97 Å². The summed E-state index contributed by atoms with van der Waals surface area (Å²) >= 11 is 2.61. The molecule has 0 aromatic carbocycles. The molecule has 20 heavy (non-hydrogen) atoms. The van der Waals surface area contributed by atoms with Crippen molar-refractivity contribution >= 4 is 46.0 Å². The van der Waals surface area contributed by atoms with E-state index in [1.807, 2.05) is 0 Å². The smallest absolute Gasteiger partial charge is 0.357 e. The summed E-state index contributed by atoms with van der Waals surface area (Å²) < 4.78 is 4.80. The molecule has 2 amide bonds. The third-order valence-electron chi connectivity index (χ3n) is 2.39. The van der Waals surface area contributed by atoms with Crippen molar-refractivity contribution in [3.05, 3.63) is 11.1 Å². The largest absolute Gasteiger partial charge is 0.461 e. The number of ether oxygens (including phenoxy) is 1. The summed E-state index contributed by atoms with van der Waals surface area (Å²) in [7, 11) is 0. The minimum Gasteiger partial charge on any atom is -0.461 e. The number of nitrogens with one attached hydrogen (secondary N) is 1. The maximum atomic E-state index is 11.8. The van der Waals surface area contributed by atoms with Crippen LogP contribution < -0.4 is 5.32 Å². The second kappa shape index (κ2) is 6.71. The quantitative estimate of drug-likeness (QED) is 0.808. The molecule has 1 fully saturated rings. The number of thioether (sulfide) groups is 1. The minimum atomic E-state index is -0.518. The lowest BCUT2D eigenvalue weighted by Crippen LogP contribution is -2.34. The number of anilines is 1. The average Bonchev–Trinajstić information content (AvgIpc) is 3.00. The molecule has 0 unspecified atom stereocenters. The average molecular weight is 315 g/mol. The van der Waals surface area contributed by atoms with E-state index in [4.69, 9.17) is 4.74 Å². The van der Waals surface area contributed by atoms with Crippen LogP contribution in [0.15, 0.2) is 5.38 Å². The van der Waals surface area contributed by atoms with Gasteiger partial charge in [0.15, 0.2) is 10.8 Å². The van der Waals surface area contributed by atoms with E-state index in [2.05, 4.69) is 10.3 Å². The Morgan fingerprint density at radius 2 is 2.35 bits per heavy atom. The highest BCUT2D eigenvalue weighted by Crippen LogP contribution is 2.17. The molecule has 7 nitrogen and oxygen atoms in total. The summed E-state index contributed by atoms with van der Waals surface area (Å²) in [4.78, 5) is 40.0. The van der Waals surface area contributed by atoms with Crippen molar-refractivity contribution in [2.24, 2.45) is 0 Å². The molecule has 0 spiro atoms. The van der Waals surface area contributed by atoms with Gasteiger partial charge in [-0.05, 0) is 6.92 Å². The molecule has 108 valence electrons. The molecule has 2 rings (SSSR count). The summed E-state index contributed by atoms with van der Waals surface area (Å²) in [5, 5.41) is 4.40. The Labute approximate surface area is 123 Å². The molecule has 0 atom stereocenters.